The van der Waals surface area contributed by atoms with Crippen LogP contribution in [0.1, 0.15) is 13.8 Å². The molecule has 2 fully saturated rings. The number of carbonyl (C=O) groups excluding carboxylic acids is 1. The lowest BCUT2D eigenvalue weighted by molar-refractivity contribution is -0.123. The van der Waals surface area contributed by atoms with Crippen LogP contribution < -0.4 is 4.90 Å². The van der Waals surface area contributed by atoms with Gasteiger partial charge in [0.25, 0.3) is 0 Å². The molecule has 126 valence electrons. The zero-order valence-electron chi connectivity index (χ0n) is 13.3. The van der Waals surface area contributed by atoms with Gasteiger partial charge in [0.05, 0.1) is 24.1 Å². The van der Waals surface area contributed by atoms with Crippen molar-refractivity contribution in [2.75, 3.05) is 29.5 Å². The third-order valence-corrected chi connectivity index (χ3v) is 6.32. The number of sulfone groups is 1. The van der Waals surface area contributed by atoms with Crippen LogP contribution in [0.25, 0.3) is 0 Å². The lowest BCUT2D eigenvalue weighted by Crippen LogP contribution is -2.62. The molecule has 0 radical (unpaired) electrons. The fourth-order valence-electron chi connectivity index (χ4n) is 3.59. The van der Waals surface area contributed by atoms with Gasteiger partial charge >= 0.3 is 0 Å². The first-order valence-electron chi connectivity index (χ1n) is 7.79. The van der Waals surface area contributed by atoms with E-state index in [1.807, 2.05) is 11.0 Å². The minimum absolute atomic E-state index is 0.0184. The summed E-state index contributed by atoms with van der Waals surface area (Å²) in [4.78, 5) is 16.4. The van der Waals surface area contributed by atoms with E-state index < -0.39 is 9.84 Å². The van der Waals surface area contributed by atoms with Crippen molar-refractivity contribution in [2.45, 2.75) is 25.9 Å². The summed E-state index contributed by atoms with van der Waals surface area (Å²) in [5.41, 5.74) is 0.679. The predicted octanol–water partition coefficient (Wildman–Crippen LogP) is 1.81. The Kier molecular flexibility index (Phi) is 4.42. The number of rotatable bonds is 3. The number of halogens is 1. The Morgan fingerprint density at radius 2 is 1.96 bits per heavy atom. The van der Waals surface area contributed by atoms with Crippen molar-refractivity contribution in [3.63, 3.8) is 0 Å². The quantitative estimate of drug-likeness (QED) is 0.828. The van der Waals surface area contributed by atoms with Gasteiger partial charge in [0.15, 0.2) is 9.84 Å². The van der Waals surface area contributed by atoms with Crippen LogP contribution in [-0.2, 0) is 14.6 Å². The van der Waals surface area contributed by atoms with Crippen molar-refractivity contribution < 1.29 is 13.2 Å². The maximum Gasteiger partial charge on any atom is 0.241 e. The second kappa shape index (κ2) is 6.07. The Hall–Kier alpha value is -1.11. The average molecular weight is 357 g/mol. The van der Waals surface area contributed by atoms with Crippen molar-refractivity contribution in [2.24, 2.45) is 5.92 Å². The first kappa shape index (κ1) is 16.7. The van der Waals surface area contributed by atoms with Gasteiger partial charge in [-0.2, -0.15) is 0 Å². The highest BCUT2D eigenvalue weighted by Gasteiger charge is 2.49. The summed E-state index contributed by atoms with van der Waals surface area (Å²) in [5.74, 6) is 0.454. The number of benzene rings is 1. The topological polar surface area (TPSA) is 57.7 Å². The summed E-state index contributed by atoms with van der Waals surface area (Å²) < 4.78 is 24.4. The first-order valence-corrected chi connectivity index (χ1v) is 9.99. The van der Waals surface area contributed by atoms with E-state index in [9.17, 15) is 13.2 Å². The Morgan fingerprint density at radius 1 is 1.26 bits per heavy atom. The normalized spacial score (nSPS) is 27.5. The molecule has 2 heterocycles. The molecule has 2 atom stereocenters. The van der Waals surface area contributed by atoms with Crippen LogP contribution in [0.2, 0.25) is 5.02 Å². The second-order valence-electron chi connectivity index (χ2n) is 6.78. The van der Waals surface area contributed by atoms with E-state index in [0.717, 1.165) is 6.54 Å². The van der Waals surface area contributed by atoms with Gasteiger partial charge in [-0.3, -0.25) is 9.69 Å². The molecule has 2 aliphatic rings. The van der Waals surface area contributed by atoms with Crippen molar-refractivity contribution in [3.05, 3.63) is 29.3 Å². The van der Waals surface area contributed by atoms with E-state index in [-0.39, 0.29) is 36.0 Å². The molecule has 0 aromatic heterocycles. The van der Waals surface area contributed by atoms with E-state index in [4.69, 9.17) is 11.6 Å². The van der Waals surface area contributed by atoms with Crippen molar-refractivity contribution in [1.82, 2.24) is 4.90 Å². The van der Waals surface area contributed by atoms with E-state index in [2.05, 4.69) is 13.8 Å². The van der Waals surface area contributed by atoms with Gasteiger partial charge in [0.1, 0.15) is 0 Å². The Labute approximate surface area is 142 Å². The van der Waals surface area contributed by atoms with Gasteiger partial charge in [-0.25, -0.2) is 8.42 Å². The number of piperazine rings is 1. The maximum atomic E-state index is 12.7. The molecule has 3 rings (SSSR count). The summed E-state index contributed by atoms with van der Waals surface area (Å²) in [7, 11) is -3.14. The zero-order valence-corrected chi connectivity index (χ0v) is 14.8. The van der Waals surface area contributed by atoms with Crippen LogP contribution in [0.4, 0.5) is 5.69 Å². The smallest absolute Gasteiger partial charge is 0.241 e. The number of anilines is 1. The molecule has 0 saturated carbocycles. The highest BCUT2D eigenvalue weighted by atomic mass is 35.5. The van der Waals surface area contributed by atoms with Gasteiger partial charge in [-0.15, -0.1) is 0 Å². The number of hydrogen-bond acceptors (Lipinski definition) is 4. The first-order chi connectivity index (χ1) is 10.8. The number of nitrogens with zero attached hydrogens (tertiary/aromatic N) is 2. The second-order valence-corrected chi connectivity index (χ2v) is 9.37. The van der Waals surface area contributed by atoms with Crippen LogP contribution >= 0.6 is 11.6 Å². The molecular formula is C16H21ClN2O3S. The molecule has 0 N–H and O–H groups in total. The molecule has 7 heteroatoms. The number of carbonyl (C=O) groups is 1. The Balaban J connectivity index is 1.98. The fourth-order valence-corrected chi connectivity index (χ4v) is 5.75. The van der Waals surface area contributed by atoms with Crippen molar-refractivity contribution >= 4 is 33.0 Å². The van der Waals surface area contributed by atoms with Crippen LogP contribution in [0.15, 0.2) is 24.3 Å². The van der Waals surface area contributed by atoms with Gasteiger partial charge in [-0.05, 0) is 24.1 Å². The molecule has 23 heavy (non-hydrogen) atoms. The summed E-state index contributed by atoms with van der Waals surface area (Å²) >= 11 is 6.04. The van der Waals surface area contributed by atoms with Crippen LogP contribution in [0.3, 0.4) is 0 Å². The minimum Gasteiger partial charge on any atom is -0.306 e. The van der Waals surface area contributed by atoms with Gasteiger partial charge in [-0.1, -0.05) is 31.5 Å². The van der Waals surface area contributed by atoms with Gasteiger partial charge < -0.3 is 4.90 Å². The standard InChI is InChI=1S/C16H21ClN2O3S/c1-11(2)7-18-8-16(20)19(13-5-3-4-12(17)6-13)15-10-23(21,22)9-14(15)18/h3-6,11,14-15H,7-10H2,1-2H3/t14-,15-/m1/s1. The van der Waals surface area contributed by atoms with E-state index in [1.165, 1.54) is 0 Å². The van der Waals surface area contributed by atoms with Crippen LogP contribution in [0, 0.1) is 5.92 Å². The highest BCUT2D eigenvalue weighted by Crippen LogP contribution is 2.32. The Bertz CT molecular complexity index is 720. The summed E-state index contributed by atoms with van der Waals surface area (Å²) in [6.07, 6.45) is 0. The molecule has 0 spiro atoms. The molecule has 0 unspecified atom stereocenters. The van der Waals surface area contributed by atoms with E-state index in [0.29, 0.717) is 16.6 Å². The highest BCUT2D eigenvalue weighted by molar-refractivity contribution is 7.91. The molecule has 1 amide bonds. The summed E-state index contributed by atoms with van der Waals surface area (Å²) in [6, 6.07) is 6.58. The molecule has 1 aromatic carbocycles. The molecule has 1 aromatic rings. The molecule has 2 saturated heterocycles. The number of hydrogen-bond donors (Lipinski definition) is 0. The molecule has 0 bridgehead atoms. The molecule has 5 nitrogen and oxygen atoms in total. The third-order valence-electron chi connectivity index (χ3n) is 4.39. The Morgan fingerprint density at radius 3 is 2.61 bits per heavy atom. The SMILES string of the molecule is CC(C)CN1CC(=O)N(c2cccc(Cl)c2)[C@@H]2CS(=O)(=O)C[C@H]21. The largest absolute Gasteiger partial charge is 0.306 e. The van der Waals surface area contributed by atoms with Gasteiger partial charge in [0, 0.05) is 23.3 Å². The zero-order chi connectivity index (χ0) is 16.8. The summed E-state index contributed by atoms with van der Waals surface area (Å²) in [5, 5.41) is 0.539. The monoisotopic (exact) mass is 356 g/mol. The minimum atomic E-state index is -3.14. The van der Waals surface area contributed by atoms with Crippen molar-refractivity contribution in [3.8, 4) is 0 Å². The lowest BCUT2D eigenvalue weighted by atomic mass is 10.0. The number of fused-ring (bicyclic) bond motifs is 1. The van der Waals surface area contributed by atoms with Crippen molar-refractivity contribution in [1.29, 1.82) is 0 Å². The maximum absolute atomic E-state index is 12.7. The predicted molar refractivity (Wildman–Crippen MR) is 91.6 cm³/mol. The molecule has 2 aliphatic heterocycles. The lowest BCUT2D eigenvalue weighted by Gasteiger charge is -2.44. The number of amides is 1. The summed E-state index contributed by atoms with van der Waals surface area (Å²) in [6.45, 7) is 5.13. The average Bonchev–Trinajstić information content (AvgIpc) is 2.73. The van der Waals surface area contributed by atoms with E-state index in [1.54, 1.807) is 23.1 Å². The molecular weight excluding hydrogens is 336 g/mol. The van der Waals surface area contributed by atoms with Crippen LogP contribution in [-0.4, -0.2) is 55.9 Å². The van der Waals surface area contributed by atoms with E-state index >= 15 is 0 Å². The van der Waals surface area contributed by atoms with Crippen LogP contribution in [0.5, 0.6) is 0 Å². The fraction of sp³-hybridized carbons (Fsp3) is 0.562. The molecule has 0 aliphatic carbocycles. The van der Waals surface area contributed by atoms with Gasteiger partial charge in [0.2, 0.25) is 5.91 Å². The third kappa shape index (κ3) is 3.39.